The van der Waals surface area contributed by atoms with Gasteiger partial charge in [0.2, 0.25) is 5.91 Å². The highest BCUT2D eigenvalue weighted by Gasteiger charge is 2.34. The minimum absolute atomic E-state index is 0.0247. The highest BCUT2D eigenvalue weighted by molar-refractivity contribution is 8.00. The normalized spacial score (nSPS) is 20.2. The second-order valence-electron chi connectivity index (χ2n) is 8.15. The smallest absolute Gasteiger partial charge is 0.258 e. The predicted octanol–water partition coefficient (Wildman–Crippen LogP) is 5.05. The van der Waals surface area contributed by atoms with Gasteiger partial charge >= 0.3 is 0 Å². The lowest BCUT2D eigenvalue weighted by atomic mass is 10.1. The average Bonchev–Trinajstić information content (AvgIpc) is 3.33. The Morgan fingerprint density at radius 3 is 2.45 bits per heavy atom. The lowest BCUT2D eigenvalue weighted by Gasteiger charge is -2.25. The molecule has 0 unspecified atom stereocenters. The molecule has 0 spiro atoms. The molecule has 0 N–H and O–H groups in total. The number of hydrogen-bond donors (Lipinski definition) is 0. The van der Waals surface area contributed by atoms with Crippen molar-refractivity contribution in [3.05, 3.63) is 101 Å². The van der Waals surface area contributed by atoms with E-state index in [-0.39, 0.29) is 23.2 Å². The summed E-state index contributed by atoms with van der Waals surface area (Å²) in [4.78, 5) is 29.6. The van der Waals surface area contributed by atoms with Gasteiger partial charge in [-0.15, -0.1) is 11.8 Å². The van der Waals surface area contributed by atoms with E-state index < -0.39 is 0 Å². The van der Waals surface area contributed by atoms with Crippen LogP contribution in [0.25, 0.3) is 0 Å². The van der Waals surface area contributed by atoms with Crippen LogP contribution in [0.3, 0.4) is 0 Å². The van der Waals surface area contributed by atoms with Crippen molar-refractivity contribution < 1.29 is 9.59 Å². The number of carbonyl (C=O) groups excluding carboxylic acids is 2. The number of anilines is 1. The molecule has 1 fully saturated rings. The lowest BCUT2D eigenvalue weighted by molar-refractivity contribution is -0.128. The SMILES string of the molecule is C[C@H]1Cc2ccccc2N1C(=O)c1ccc([C@@H]2SCC(=O)N2Cc2ccccc2)cc1. The zero-order chi connectivity index (χ0) is 21.4. The standard InChI is InChI=1S/C26H24N2O2S/c1-18-15-22-9-5-6-10-23(22)28(18)25(30)20-11-13-21(14-12-20)26-27(24(29)17-31-26)16-19-7-3-2-4-8-19/h2-14,18,26H,15-17H2,1H3/t18-,26-/m0/s1. The molecule has 3 aromatic rings. The van der Waals surface area contributed by atoms with Crippen LogP contribution in [0.5, 0.6) is 0 Å². The first-order chi connectivity index (χ1) is 15.1. The molecule has 0 aliphatic carbocycles. The molecule has 156 valence electrons. The minimum Gasteiger partial charge on any atom is -0.322 e. The van der Waals surface area contributed by atoms with E-state index in [4.69, 9.17) is 0 Å². The number of fused-ring (bicyclic) bond motifs is 1. The number of hydrogen-bond acceptors (Lipinski definition) is 3. The van der Waals surface area contributed by atoms with E-state index in [2.05, 4.69) is 13.0 Å². The molecule has 2 atom stereocenters. The minimum atomic E-state index is -0.0247. The molecule has 2 amide bonds. The fraction of sp³-hybridized carbons (Fsp3) is 0.231. The third kappa shape index (κ3) is 3.74. The molecular formula is C26H24N2O2S. The third-order valence-electron chi connectivity index (χ3n) is 6.03. The van der Waals surface area contributed by atoms with E-state index in [0.29, 0.717) is 17.9 Å². The van der Waals surface area contributed by atoms with E-state index in [1.54, 1.807) is 11.8 Å². The first-order valence-electron chi connectivity index (χ1n) is 10.6. The molecular weight excluding hydrogens is 404 g/mol. The summed E-state index contributed by atoms with van der Waals surface area (Å²) in [6, 6.07) is 26.1. The fourth-order valence-electron chi connectivity index (χ4n) is 4.49. The van der Waals surface area contributed by atoms with Gasteiger partial charge in [0.25, 0.3) is 5.91 Å². The molecule has 31 heavy (non-hydrogen) atoms. The second-order valence-corrected chi connectivity index (χ2v) is 9.22. The first-order valence-corrected chi connectivity index (χ1v) is 11.6. The van der Waals surface area contributed by atoms with E-state index in [1.165, 1.54) is 5.56 Å². The van der Waals surface area contributed by atoms with Gasteiger partial charge in [0.15, 0.2) is 0 Å². The summed E-state index contributed by atoms with van der Waals surface area (Å²) in [7, 11) is 0. The van der Waals surface area contributed by atoms with Crippen molar-refractivity contribution in [3.8, 4) is 0 Å². The number of carbonyl (C=O) groups is 2. The van der Waals surface area contributed by atoms with E-state index in [0.717, 1.165) is 23.2 Å². The maximum absolute atomic E-state index is 13.3. The van der Waals surface area contributed by atoms with Gasteiger partial charge in [-0.3, -0.25) is 9.59 Å². The van der Waals surface area contributed by atoms with Crippen LogP contribution >= 0.6 is 11.8 Å². The topological polar surface area (TPSA) is 40.6 Å². The first kappa shape index (κ1) is 19.9. The number of amides is 2. The largest absolute Gasteiger partial charge is 0.322 e. The highest BCUT2D eigenvalue weighted by atomic mass is 32.2. The molecule has 2 aliphatic heterocycles. The highest BCUT2D eigenvalue weighted by Crippen LogP contribution is 2.40. The fourth-order valence-corrected chi connectivity index (χ4v) is 5.67. The van der Waals surface area contributed by atoms with Crippen LogP contribution in [0, 0.1) is 0 Å². The van der Waals surface area contributed by atoms with Crippen LogP contribution in [0.15, 0.2) is 78.9 Å². The van der Waals surface area contributed by atoms with E-state index >= 15 is 0 Å². The van der Waals surface area contributed by atoms with Crippen LogP contribution < -0.4 is 4.90 Å². The summed E-state index contributed by atoms with van der Waals surface area (Å²) >= 11 is 1.64. The summed E-state index contributed by atoms with van der Waals surface area (Å²) in [5.41, 5.74) is 5.08. The van der Waals surface area contributed by atoms with Crippen molar-refractivity contribution in [2.45, 2.75) is 31.3 Å². The summed E-state index contributed by atoms with van der Waals surface area (Å²) < 4.78 is 0. The number of para-hydroxylation sites is 1. The Bertz CT molecular complexity index is 1110. The Labute approximate surface area is 186 Å². The van der Waals surface area contributed by atoms with Crippen molar-refractivity contribution in [1.29, 1.82) is 0 Å². The van der Waals surface area contributed by atoms with Crippen LogP contribution in [0.2, 0.25) is 0 Å². The van der Waals surface area contributed by atoms with Gasteiger partial charge in [-0.2, -0.15) is 0 Å². The molecule has 5 rings (SSSR count). The zero-order valence-corrected chi connectivity index (χ0v) is 18.2. The van der Waals surface area contributed by atoms with Crippen molar-refractivity contribution in [1.82, 2.24) is 4.90 Å². The summed E-state index contributed by atoms with van der Waals surface area (Å²) in [6.07, 6.45) is 0.884. The average molecular weight is 429 g/mol. The molecule has 1 saturated heterocycles. The lowest BCUT2D eigenvalue weighted by Crippen LogP contribution is -2.35. The van der Waals surface area contributed by atoms with Crippen molar-refractivity contribution in [2.24, 2.45) is 0 Å². The van der Waals surface area contributed by atoms with Crippen LogP contribution in [-0.2, 0) is 17.8 Å². The number of nitrogens with zero attached hydrogens (tertiary/aromatic N) is 2. The molecule has 5 heteroatoms. The zero-order valence-electron chi connectivity index (χ0n) is 17.4. The Morgan fingerprint density at radius 2 is 1.68 bits per heavy atom. The molecule has 4 nitrogen and oxygen atoms in total. The van der Waals surface area contributed by atoms with Crippen molar-refractivity contribution >= 4 is 29.3 Å². The summed E-state index contributed by atoms with van der Waals surface area (Å²) in [5.74, 6) is 0.669. The Morgan fingerprint density at radius 1 is 0.968 bits per heavy atom. The summed E-state index contributed by atoms with van der Waals surface area (Å²) in [5, 5.41) is -0.0247. The maximum Gasteiger partial charge on any atom is 0.258 e. The van der Waals surface area contributed by atoms with Gasteiger partial charge in [0.05, 0.1) is 5.75 Å². The maximum atomic E-state index is 13.3. The van der Waals surface area contributed by atoms with Gasteiger partial charge in [-0.1, -0.05) is 60.7 Å². The quantitative estimate of drug-likeness (QED) is 0.584. The van der Waals surface area contributed by atoms with Crippen LogP contribution in [0.1, 0.15) is 39.3 Å². The Kier molecular flexibility index (Phi) is 5.28. The van der Waals surface area contributed by atoms with Gasteiger partial charge in [-0.05, 0) is 48.2 Å². The van der Waals surface area contributed by atoms with Gasteiger partial charge in [0.1, 0.15) is 5.37 Å². The Hall–Kier alpha value is -3.05. The van der Waals surface area contributed by atoms with Crippen molar-refractivity contribution in [3.63, 3.8) is 0 Å². The predicted molar refractivity (Wildman–Crippen MR) is 125 cm³/mol. The molecule has 0 aromatic heterocycles. The molecule has 0 saturated carbocycles. The number of rotatable bonds is 4. The van der Waals surface area contributed by atoms with Gasteiger partial charge < -0.3 is 9.80 Å². The van der Waals surface area contributed by atoms with E-state index in [9.17, 15) is 9.59 Å². The van der Waals surface area contributed by atoms with Crippen LogP contribution in [0.4, 0.5) is 5.69 Å². The number of thioether (sulfide) groups is 1. The third-order valence-corrected chi connectivity index (χ3v) is 7.29. The molecule has 0 bridgehead atoms. The molecule has 3 aromatic carbocycles. The monoisotopic (exact) mass is 428 g/mol. The van der Waals surface area contributed by atoms with E-state index in [1.807, 2.05) is 82.6 Å². The summed E-state index contributed by atoms with van der Waals surface area (Å²) in [6.45, 7) is 2.69. The van der Waals surface area contributed by atoms with Gasteiger partial charge in [-0.25, -0.2) is 0 Å². The van der Waals surface area contributed by atoms with Crippen LogP contribution in [-0.4, -0.2) is 28.5 Å². The molecule has 0 radical (unpaired) electrons. The van der Waals surface area contributed by atoms with Crippen molar-refractivity contribution in [2.75, 3.05) is 10.7 Å². The van der Waals surface area contributed by atoms with Gasteiger partial charge in [0, 0.05) is 23.8 Å². The second kappa shape index (κ2) is 8.23. The Balaban J connectivity index is 1.36. The molecule has 2 heterocycles. The number of benzene rings is 3. The molecule has 2 aliphatic rings.